The van der Waals surface area contributed by atoms with Crippen LogP contribution in [0.25, 0.3) is 32.0 Å². The van der Waals surface area contributed by atoms with Crippen molar-refractivity contribution in [2.45, 2.75) is 186 Å². The van der Waals surface area contributed by atoms with Gasteiger partial charge < -0.3 is 0 Å². The van der Waals surface area contributed by atoms with E-state index in [9.17, 15) is 0 Å². The quantitative estimate of drug-likeness (QED) is 0.0384. The highest BCUT2D eigenvalue weighted by atomic mass is 32.2. The van der Waals surface area contributed by atoms with Gasteiger partial charge in [-0.2, -0.15) is 0 Å². The maximum Gasteiger partial charge on any atom is 0.0493 e. The van der Waals surface area contributed by atoms with E-state index in [4.69, 9.17) is 0 Å². The molecule has 0 spiro atoms. The molecule has 0 saturated carbocycles. The number of thioether (sulfide) groups is 5. The summed E-state index contributed by atoms with van der Waals surface area (Å²) in [6.45, 7) is 11.7. The minimum Gasteiger partial charge on any atom is -0.145 e. The molecule has 0 saturated heterocycles. The van der Waals surface area contributed by atoms with Crippen molar-refractivity contribution in [2.24, 2.45) is 5.92 Å². The zero-order valence-electron chi connectivity index (χ0n) is 44.2. The molecule has 73 heavy (non-hydrogen) atoms. The van der Waals surface area contributed by atoms with Crippen molar-refractivity contribution in [1.82, 2.24) is 0 Å². The SMILES string of the molecule is CCCCCCC1=CC(C)C(CS/C(SCc2ccc(CCCCCC)s2)=C2\c3cc4c(cc3-c3sccc32)C(=C(SCc2ccc(CCCCCC)s2)SCc2ccc(CCCCCC)s2)c2ccsc2-4)S1. The van der Waals surface area contributed by atoms with Crippen LogP contribution in [0.3, 0.4) is 0 Å². The highest BCUT2D eigenvalue weighted by molar-refractivity contribution is 8.22. The van der Waals surface area contributed by atoms with E-state index in [1.807, 2.05) is 22.7 Å². The van der Waals surface area contributed by atoms with Crippen LogP contribution < -0.4 is 0 Å². The number of fused-ring (bicyclic) bond motifs is 6. The van der Waals surface area contributed by atoms with Crippen LogP contribution in [0.1, 0.15) is 195 Å². The lowest BCUT2D eigenvalue weighted by molar-refractivity contribution is 0.670. The molecule has 0 nitrogen and oxygen atoms in total. The van der Waals surface area contributed by atoms with E-state index < -0.39 is 0 Å². The van der Waals surface area contributed by atoms with E-state index in [-0.39, 0.29) is 0 Å². The van der Waals surface area contributed by atoms with Crippen molar-refractivity contribution < 1.29 is 0 Å². The fourth-order valence-corrected chi connectivity index (χ4v) is 22.3. The zero-order chi connectivity index (χ0) is 50.4. The van der Waals surface area contributed by atoms with Gasteiger partial charge in [0, 0.05) is 109 Å². The van der Waals surface area contributed by atoms with Gasteiger partial charge in [-0.05, 0) is 145 Å². The smallest absolute Gasteiger partial charge is 0.0493 e. The summed E-state index contributed by atoms with van der Waals surface area (Å²) in [5.41, 5.74) is 11.7. The number of thiophene rings is 5. The van der Waals surface area contributed by atoms with Gasteiger partial charge >= 0.3 is 0 Å². The van der Waals surface area contributed by atoms with Gasteiger partial charge in [-0.25, -0.2) is 0 Å². The summed E-state index contributed by atoms with van der Waals surface area (Å²) in [7, 11) is 0. The van der Waals surface area contributed by atoms with Crippen molar-refractivity contribution in [1.29, 1.82) is 0 Å². The average Bonchev–Trinajstić information content (AvgIpc) is 4.27. The van der Waals surface area contributed by atoms with Crippen molar-refractivity contribution in [3.8, 4) is 20.9 Å². The Morgan fingerprint density at radius 3 is 1.25 bits per heavy atom. The molecule has 0 fully saturated rings. The predicted octanol–water partition coefficient (Wildman–Crippen LogP) is 23.9. The summed E-state index contributed by atoms with van der Waals surface area (Å²) < 4.78 is 3.01. The molecule has 0 N–H and O–H groups in total. The molecule has 0 amide bonds. The number of allylic oxidation sites excluding steroid dienone is 2. The Morgan fingerprint density at radius 1 is 0.425 bits per heavy atom. The second-order valence-corrected chi connectivity index (χ2v) is 31.7. The molecule has 1 aliphatic heterocycles. The minimum atomic E-state index is 0.612. The van der Waals surface area contributed by atoms with Gasteiger partial charge in [0.05, 0.1) is 0 Å². The Kier molecular flexibility index (Phi) is 22.5. The van der Waals surface area contributed by atoms with Crippen molar-refractivity contribution in [2.75, 3.05) is 5.75 Å². The summed E-state index contributed by atoms with van der Waals surface area (Å²) in [6.07, 6.45) is 28.8. The van der Waals surface area contributed by atoms with Crippen molar-refractivity contribution >= 4 is 127 Å². The molecule has 0 radical (unpaired) electrons. The van der Waals surface area contributed by atoms with Gasteiger partial charge in [0.2, 0.25) is 0 Å². The monoisotopic (exact) mass is 1150 g/mol. The lowest BCUT2D eigenvalue weighted by Gasteiger charge is -2.18. The van der Waals surface area contributed by atoms with Gasteiger partial charge in [-0.15, -0.1) is 115 Å². The normalized spacial score (nSPS) is 16.3. The van der Waals surface area contributed by atoms with Gasteiger partial charge in [0.25, 0.3) is 0 Å². The molecule has 3 aliphatic rings. The first-order valence-corrected chi connectivity index (χ1v) is 36.9. The second-order valence-electron chi connectivity index (χ2n) is 20.3. The molecule has 10 heteroatoms. The topological polar surface area (TPSA) is 0 Å². The molecule has 2 unspecified atom stereocenters. The number of aryl methyl sites for hydroxylation is 3. The molecule has 9 rings (SSSR count). The highest BCUT2D eigenvalue weighted by Gasteiger charge is 2.36. The first-order valence-electron chi connectivity index (χ1n) is 27.9. The molecule has 1 aromatic carbocycles. The molecule has 6 aromatic rings. The number of benzene rings is 1. The molecule has 390 valence electrons. The maximum absolute atomic E-state index is 2.65. The largest absolute Gasteiger partial charge is 0.145 e. The van der Waals surface area contributed by atoms with Crippen LogP contribution in [0, 0.1) is 5.92 Å². The summed E-state index contributed by atoms with van der Waals surface area (Å²) in [5.74, 6) is 4.84. The number of hydrogen-bond donors (Lipinski definition) is 0. The first-order chi connectivity index (χ1) is 35.9. The Labute approximate surface area is 482 Å². The second kappa shape index (κ2) is 29.1. The molecule has 5 aromatic heterocycles. The summed E-state index contributed by atoms with van der Waals surface area (Å²) >= 11 is 20.8. The summed E-state index contributed by atoms with van der Waals surface area (Å²) in [6, 6.07) is 24.8. The summed E-state index contributed by atoms with van der Waals surface area (Å²) in [5, 5.41) is 5.34. The van der Waals surface area contributed by atoms with Crippen molar-refractivity contribution in [3.05, 3.63) is 142 Å². The van der Waals surface area contributed by atoms with Gasteiger partial charge in [-0.1, -0.05) is 118 Å². The predicted molar refractivity (Wildman–Crippen MR) is 345 cm³/mol. The van der Waals surface area contributed by atoms with Gasteiger partial charge in [0.1, 0.15) is 0 Å². The third kappa shape index (κ3) is 14.9. The lowest BCUT2D eigenvalue weighted by atomic mass is 9.98. The maximum atomic E-state index is 2.65. The Balaban J connectivity index is 1.04. The van der Waals surface area contributed by atoms with Crippen LogP contribution in [0.5, 0.6) is 0 Å². The first kappa shape index (κ1) is 56.4. The zero-order valence-corrected chi connectivity index (χ0v) is 52.4. The van der Waals surface area contributed by atoms with Crippen LogP contribution in [0.15, 0.2) is 90.9 Å². The van der Waals surface area contributed by atoms with E-state index in [1.54, 1.807) is 19.5 Å². The standard InChI is InChI=1S/C63H78S10/c1-6-10-14-18-22-44-26-29-48(70-44)39-66-62(67-40-49-30-27-45(71-49)23-19-15-11-7-2)58-51-32-34-64-60(51)55-38-54-56(37-53(55)58)61-52(33-35-65-61)59(54)63(68-41-50-31-28-46(72-50)24-20-16-12-8-3)69-42-57-43(5)36-47(73-57)25-21-17-13-9-4/h26-38,43,57H,6-25,39-42H2,1-5H3/b63-59-. The van der Waals surface area contributed by atoms with Crippen molar-refractivity contribution in [3.63, 3.8) is 0 Å². The lowest BCUT2D eigenvalue weighted by Crippen LogP contribution is -2.11. The molecular weight excluding hydrogens is 1080 g/mol. The van der Waals surface area contributed by atoms with Crippen LogP contribution in [0.4, 0.5) is 0 Å². The van der Waals surface area contributed by atoms with E-state index in [0.717, 1.165) is 23.0 Å². The van der Waals surface area contributed by atoms with Crippen LogP contribution in [-0.2, 0) is 36.5 Å². The third-order valence-corrected chi connectivity index (χ3v) is 27.3. The van der Waals surface area contributed by atoms with E-state index >= 15 is 0 Å². The minimum absolute atomic E-state index is 0.612. The highest BCUT2D eigenvalue weighted by Crippen LogP contribution is 2.60. The Morgan fingerprint density at radius 2 is 0.822 bits per heavy atom. The molecular formula is C63H78S10. The Hall–Kier alpha value is -1.31. The molecule has 0 bridgehead atoms. The third-order valence-electron chi connectivity index (χ3n) is 14.5. The number of hydrogen-bond acceptors (Lipinski definition) is 10. The van der Waals surface area contributed by atoms with E-state index in [2.05, 4.69) is 205 Å². The van der Waals surface area contributed by atoms with Gasteiger partial charge in [0.15, 0.2) is 0 Å². The van der Waals surface area contributed by atoms with Crippen LogP contribution >= 0.6 is 115 Å². The fourth-order valence-electron chi connectivity index (χ4n) is 10.4. The fraction of sp³-hybridized carbons (Fsp3) is 0.492. The van der Waals surface area contributed by atoms with Crippen LogP contribution in [-0.4, -0.2) is 11.0 Å². The molecule has 2 aliphatic carbocycles. The summed E-state index contributed by atoms with van der Waals surface area (Å²) in [4.78, 5) is 13.8. The average molecular weight is 1160 g/mol. The molecule has 2 atom stereocenters. The van der Waals surface area contributed by atoms with Crippen LogP contribution in [0.2, 0.25) is 0 Å². The van der Waals surface area contributed by atoms with Gasteiger partial charge in [-0.3, -0.25) is 0 Å². The number of rotatable bonds is 32. The number of unbranched alkanes of at least 4 members (excludes halogenated alkanes) is 12. The Bertz CT molecular complexity index is 2720. The molecule has 6 heterocycles. The van der Waals surface area contributed by atoms with E-state index in [0.29, 0.717) is 11.2 Å². The van der Waals surface area contributed by atoms with E-state index in [1.165, 1.54) is 206 Å².